The number of nitrogens with one attached hydrogen (secondary N) is 1. The Balaban J connectivity index is 1.63. The van der Waals surface area contributed by atoms with E-state index in [9.17, 15) is 4.79 Å². The molecular weight excluding hydrogens is 386 g/mol. The van der Waals surface area contributed by atoms with Crippen molar-refractivity contribution in [3.05, 3.63) is 88.8 Å². The molecule has 0 spiro atoms. The molecule has 0 saturated carbocycles. The molecule has 0 radical (unpaired) electrons. The van der Waals surface area contributed by atoms with E-state index in [0.29, 0.717) is 22.9 Å². The number of amides is 1. The number of carbonyl (C=O) groups is 1. The van der Waals surface area contributed by atoms with Crippen molar-refractivity contribution < 1.29 is 4.79 Å². The van der Waals surface area contributed by atoms with Crippen molar-refractivity contribution in [3.8, 4) is 0 Å². The molecule has 0 fully saturated rings. The first-order valence-corrected chi connectivity index (χ1v) is 9.56. The van der Waals surface area contributed by atoms with E-state index in [1.165, 1.54) is 5.56 Å². The molecule has 0 atom stereocenters. The lowest BCUT2D eigenvalue weighted by molar-refractivity contribution is 0.102. The quantitative estimate of drug-likeness (QED) is 0.528. The summed E-state index contributed by atoms with van der Waals surface area (Å²) in [7, 11) is 1.98. The molecule has 6 nitrogen and oxygen atoms in total. The molecule has 7 heteroatoms. The van der Waals surface area contributed by atoms with Gasteiger partial charge in [-0.2, -0.15) is 5.10 Å². The van der Waals surface area contributed by atoms with Gasteiger partial charge in [0.2, 0.25) is 0 Å². The summed E-state index contributed by atoms with van der Waals surface area (Å²) in [6.07, 6.45) is 1.81. The third-order valence-electron chi connectivity index (χ3n) is 4.52. The van der Waals surface area contributed by atoms with Gasteiger partial charge < -0.3 is 10.2 Å². The molecule has 0 bridgehead atoms. The Morgan fingerprint density at radius 2 is 1.86 bits per heavy atom. The standard InChI is InChI=1S/C22H20ClN5O/c1-15-13-28-20(21(24-15)27(2)14-16-6-4-3-5-7-16)12-19(26-28)22(29)25-18-10-8-17(23)9-11-18/h3-13H,14H2,1-2H3,(H,25,29). The molecule has 4 rings (SSSR count). The molecule has 2 aromatic heterocycles. The average molecular weight is 406 g/mol. The van der Waals surface area contributed by atoms with Gasteiger partial charge in [0.15, 0.2) is 11.5 Å². The minimum absolute atomic E-state index is 0.287. The topological polar surface area (TPSA) is 62.5 Å². The zero-order valence-corrected chi connectivity index (χ0v) is 16.9. The van der Waals surface area contributed by atoms with Crippen molar-refractivity contribution in [1.29, 1.82) is 0 Å². The summed E-state index contributed by atoms with van der Waals surface area (Å²) >= 11 is 5.90. The van der Waals surface area contributed by atoms with Crippen LogP contribution >= 0.6 is 11.6 Å². The molecule has 2 aromatic carbocycles. The maximum atomic E-state index is 12.7. The second kappa shape index (κ2) is 7.93. The molecule has 4 aromatic rings. The van der Waals surface area contributed by atoms with Crippen LogP contribution in [0.2, 0.25) is 5.02 Å². The van der Waals surface area contributed by atoms with Crippen LogP contribution in [-0.2, 0) is 6.54 Å². The lowest BCUT2D eigenvalue weighted by Gasteiger charge is -2.19. The van der Waals surface area contributed by atoms with Crippen LogP contribution in [0.25, 0.3) is 5.52 Å². The van der Waals surface area contributed by atoms with Gasteiger partial charge in [-0.15, -0.1) is 0 Å². The fourth-order valence-corrected chi connectivity index (χ4v) is 3.27. The highest BCUT2D eigenvalue weighted by Crippen LogP contribution is 2.22. The van der Waals surface area contributed by atoms with Crippen molar-refractivity contribution in [2.24, 2.45) is 0 Å². The minimum atomic E-state index is -0.287. The summed E-state index contributed by atoms with van der Waals surface area (Å²) in [5, 5.41) is 7.91. The highest BCUT2D eigenvalue weighted by Gasteiger charge is 2.17. The summed E-state index contributed by atoms with van der Waals surface area (Å²) in [5.74, 6) is 0.484. The van der Waals surface area contributed by atoms with Gasteiger partial charge in [0.05, 0.1) is 11.9 Å². The van der Waals surface area contributed by atoms with Crippen LogP contribution in [-0.4, -0.2) is 27.6 Å². The van der Waals surface area contributed by atoms with E-state index in [4.69, 9.17) is 11.6 Å². The van der Waals surface area contributed by atoms with Gasteiger partial charge in [0, 0.05) is 30.4 Å². The van der Waals surface area contributed by atoms with Crippen LogP contribution in [0.4, 0.5) is 11.5 Å². The molecular formula is C22H20ClN5O. The Hall–Kier alpha value is -3.38. The predicted octanol–water partition coefficient (Wildman–Crippen LogP) is 4.58. The lowest BCUT2D eigenvalue weighted by Crippen LogP contribution is -2.19. The fourth-order valence-electron chi connectivity index (χ4n) is 3.14. The smallest absolute Gasteiger partial charge is 0.276 e. The second-order valence-corrected chi connectivity index (χ2v) is 7.30. The van der Waals surface area contributed by atoms with Crippen molar-refractivity contribution >= 4 is 34.5 Å². The average Bonchev–Trinajstić information content (AvgIpc) is 3.14. The van der Waals surface area contributed by atoms with E-state index in [0.717, 1.165) is 17.0 Å². The number of hydrogen-bond acceptors (Lipinski definition) is 4. The van der Waals surface area contributed by atoms with Gasteiger partial charge in [-0.05, 0) is 36.8 Å². The first-order chi connectivity index (χ1) is 14.0. The number of anilines is 2. The highest BCUT2D eigenvalue weighted by molar-refractivity contribution is 6.30. The maximum Gasteiger partial charge on any atom is 0.276 e. The number of carbonyl (C=O) groups excluding carboxylic acids is 1. The minimum Gasteiger partial charge on any atom is -0.354 e. The Bertz CT molecular complexity index is 1160. The molecule has 146 valence electrons. The van der Waals surface area contributed by atoms with Gasteiger partial charge in [-0.1, -0.05) is 41.9 Å². The molecule has 2 heterocycles. The van der Waals surface area contributed by atoms with Crippen LogP contribution < -0.4 is 10.2 Å². The first-order valence-electron chi connectivity index (χ1n) is 9.18. The number of rotatable bonds is 5. The van der Waals surface area contributed by atoms with Crippen LogP contribution in [0.5, 0.6) is 0 Å². The Kier molecular flexibility index (Phi) is 5.18. The number of aryl methyl sites for hydroxylation is 1. The summed E-state index contributed by atoms with van der Waals surface area (Å²) in [4.78, 5) is 19.4. The largest absolute Gasteiger partial charge is 0.354 e. The number of fused-ring (bicyclic) bond motifs is 1. The highest BCUT2D eigenvalue weighted by atomic mass is 35.5. The van der Waals surface area contributed by atoms with E-state index in [2.05, 4.69) is 32.4 Å². The maximum absolute atomic E-state index is 12.7. The molecule has 1 N–H and O–H groups in total. The van der Waals surface area contributed by atoms with Gasteiger partial charge in [0.25, 0.3) is 5.91 Å². The molecule has 0 aliphatic rings. The normalized spacial score (nSPS) is 10.9. The Morgan fingerprint density at radius 1 is 1.14 bits per heavy atom. The van der Waals surface area contributed by atoms with Gasteiger partial charge in [-0.25, -0.2) is 9.50 Å². The van der Waals surface area contributed by atoms with E-state index in [1.54, 1.807) is 34.8 Å². The van der Waals surface area contributed by atoms with Crippen molar-refractivity contribution in [3.63, 3.8) is 0 Å². The zero-order valence-electron chi connectivity index (χ0n) is 16.1. The number of aromatic nitrogens is 3. The zero-order chi connectivity index (χ0) is 20.4. The molecule has 1 amide bonds. The van der Waals surface area contributed by atoms with Crippen LogP contribution in [0.3, 0.4) is 0 Å². The van der Waals surface area contributed by atoms with E-state index in [-0.39, 0.29) is 5.91 Å². The first kappa shape index (κ1) is 19.0. The Morgan fingerprint density at radius 3 is 2.59 bits per heavy atom. The predicted molar refractivity (Wildman–Crippen MR) is 116 cm³/mol. The molecule has 29 heavy (non-hydrogen) atoms. The molecule has 0 aliphatic carbocycles. The summed E-state index contributed by atoms with van der Waals surface area (Å²) in [6, 6.07) is 18.9. The lowest BCUT2D eigenvalue weighted by atomic mass is 10.2. The molecule has 0 unspecified atom stereocenters. The van der Waals surface area contributed by atoms with Crippen LogP contribution in [0.15, 0.2) is 66.9 Å². The third-order valence-corrected chi connectivity index (χ3v) is 4.77. The number of hydrogen-bond donors (Lipinski definition) is 1. The number of nitrogens with zero attached hydrogens (tertiary/aromatic N) is 4. The number of halogens is 1. The number of benzene rings is 2. The van der Waals surface area contributed by atoms with Crippen molar-refractivity contribution in [1.82, 2.24) is 14.6 Å². The molecule has 0 aliphatic heterocycles. The van der Waals surface area contributed by atoms with Gasteiger partial charge in [0.1, 0.15) is 5.52 Å². The van der Waals surface area contributed by atoms with E-state index < -0.39 is 0 Å². The third kappa shape index (κ3) is 4.22. The van der Waals surface area contributed by atoms with Crippen LogP contribution in [0, 0.1) is 6.92 Å². The summed E-state index contributed by atoms with van der Waals surface area (Å²) < 4.78 is 1.70. The van der Waals surface area contributed by atoms with E-state index in [1.807, 2.05) is 38.4 Å². The fraction of sp³-hybridized carbons (Fsp3) is 0.136. The monoisotopic (exact) mass is 405 g/mol. The summed E-state index contributed by atoms with van der Waals surface area (Å²) in [6.45, 7) is 2.61. The van der Waals surface area contributed by atoms with Crippen LogP contribution in [0.1, 0.15) is 21.7 Å². The van der Waals surface area contributed by atoms with E-state index >= 15 is 0 Å². The van der Waals surface area contributed by atoms with Crippen molar-refractivity contribution in [2.75, 3.05) is 17.3 Å². The van der Waals surface area contributed by atoms with Gasteiger partial charge in [-0.3, -0.25) is 4.79 Å². The second-order valence-electron chi connectivity index (χ2n) is 6.87. The Labute approximate surface area is 173 Å². The molecule has 0 saturated heterocycles. The van der Waals surface area contributed by atoms with Crippen molar-refractivity contribution in [2.45, 2.75) is 13.5 Å². The van der Waals surface area contributed by atoms with Gasteiger partial charge >= 0.3 is 0 Å². The SMILES string of the molecule is Cc1cn2nc(C(=O)Nc3ccc(Cl)cc3)cc2c(N(C)Cc2ccccc2)n1. The summed E-state index contributed by atoms with van der Waals surface area (Å²) in [5.41, 5.74) is 3.75.